The molecule has 0 bridgehead atoms. The Morgan fingerprint density at radius 1 is 1.37 bits per heavy atom. The molecule has 1 heterocycles. The Morgan fingerprint density at radius 2 is 2.11 bits per heavy atom. The predicted octanol–water partition coefficient (Wildman–Crippen LogP) is 1.44. The van der Waals surface area contributed by atoms with Crippen LogP contribution in [-0.2, 0) is 0 Å². The highest BCUT2D eigenvalue weighted by atomic mass is 16.1. The van der Waals surface area contributed by atoms with Gasteiger partial charge in [0.15, 0.2) is 0 Å². The summed E-state index contributed by atoms with van der Waals surface area (Å²) in [6.07, 6.45) is 1.60. The lowest BCUT2D eigenvalue weighted by Gasteiger charge is -2.11. The number of hydrogen-bond acceptors (Lipinski definition) is 4. The minimum Gasteiger partial charge on any atom is -0.369 e. The van der Waals surface area contributed by atoms with E-state index >= 15 is 0 Å². The van der Waals surface area contributed by atoms with Crippen LogP contribution in [0, 0.1) is 5.92 Å². The molecule has 1 aromatic rings. The van der Waals surface area contributed by atoms with Crippen LogP contribution in [-0.4, -0.2) is 49.5 Å². The zero-order valence-corrected chi connectivity index (χ0v) is 12.2. The average molecular weight is 264 g/mol. The first kappa shape index (κ1) is 15.4. The van der Waals surface area contributed by atoms with E-state index in [1.54, 1.807) is 12.3 Å². The van der Waals surface area contributed by atoms with Crippen molar-refractivity contribution in [2.75, 3.05) is 39.0 Å². The van der Waals surface area contributed by atoms with Crippen molar-refractivity contribution in [3.05, 3.63) is 23.9 Å². The third-order valence-electron chi connectivity index (χ3n) is 2.56. The molecule has 2 N–H and O–H groups in total. The van der Waals surface area contributed by atoms with Crippen molar-refractivity contribution in [2.45, 2.75) is 13.8 Å². The molecule has 5 heteroatoms. The fraction of sp³-hybridized carbons (Fsp3) is 0.571. The van der Waals surface area contributed by atoms with Crippen molar-refractivity contribution >= 4 is 11.7 Å². The standard InChI is InChI=1S/C14H24N4O/c1-11(2)9-17-14(19)12-5-6-13(16-10-12)15-7-8-18(3)4/h5-6,10-11H,7-9H2,1-4H3,(H,15,16)(H,17,19). The van der Waals surface area contributed by atoms with Crippen LogP contribution in [0.25, 0.3) is 0 Å². The van der Waals surface area contributed by atoms with E-state index in [0.717, 1.165) is 18.9 Å². The van der Waals surface area contributed by atoms with Crippen LogP contribution in [0.15, 0.2) is 18.3 Å². The Hall–Kier alpha value is -1.62. The maximum absolute atomic E-state index is 11.8. The van der Waals surface area contributed by atoms with E-state index in [-0.39, 0.29) is 5.91 Å². The molecule has 0 aromatic carbocycles. The minimum atomic E-state index is -0.0685. The molecule has 0 atom stereocenters. The number of anilines is 1. The largest absolute Gasteiger partial charge is 0.369 e. The highest BCUT2D eigenvalue weighted by Gasteiger charge is 2.06. The fourth-order valence-corrected chi connectivity index (χ4v) is 1.44. The molecule has 1 rings (SSSR count). The molecule has 5 nitrogen and oxygen atoms in total. The Labute approximate surface area is 115 Å². The summed E-state index contributed by atoms with van der Waals surface area (Å²) in [6, 6.07) is 3.63. The van der Waals surface area contributed by atoms with Gasteiger partial charge in [-0.1, -0.05) is 13.8 Å². The molecule has 0 radical (unpaired) electrons. The van der Waals surface area contributed by atoms with Crippen molar-refractivity contribution < 1.29 is 4.79 Å². The van der Waals surface area contributed by atoms with E-state index in [0.29, 0.717) is 18.0 Å². The number of carbonyl (C=O) groups is 1. The molecule has 0 saturated carbocycles. The number of carbonyl (C=O) groups excluding carboxylic acids is 1. The summed E-state index contributed by atoms with van der Waals surface area (Å²) in [6.45, 7) is 6.59. The Morgan fingerprint density at radius 3 is 2.63 bits per heavy atom. The number of nitrogens with one attached hydrogen (secondary N) is 2. The molecule has 106 valence electrons. The Kier molecular flexibility index (Phi) is 6.29. The SMILES string of the molecule is CC(C)CNC(=O)c1ccc(NCCN(C)C)nc1. The van der Waals surface area contributed by atoms with Gasteiger partial charge in [0, 0.05) is 25.8 Å². The summed E-state index contributed by atoms with van der Waals surface area (Å²) in [4.78, 5) is 18.1. The van der Waals surface area contributed by atoms with Gasteiger partial charge in [0.25, 0.3) is 5.91 Å². The van der Waals surface area contributed by atoms with Crippen LogP contribution in [0.1, 0.15) is 24.2 Å². The number of nitrogens with zero attached hydrogens (tertiary/aromatic N) is 2. The Bertz CT molecular complexity index is 387. The van der Waals surface area contributed by atoms with Crippen molar-refractivity contribution in [1.82, 2.24) is 15.2 Å². The molecule has 0 spiro atoms. The monoisotopic (exact) mass is 264 g/mol. The van der Waals surface area contributed by atoms with Gasteiger partial charge in [0.05, 0.1) is 5.56 Å². The van der Waals surface area contributed by atoms with Crippen LogP contribution in [0.2, 0.25) is 0 Å². The van der Waals surface area contributed by atoms with Crippen LogP contribution in [0.4, 0.5) is 5.82 Å². The predicted molar refractivity (Wildman–Crippen MR) is 78.5 cm³/mol. The second-order valence-corrected chi connectivity index (χ2v) is 5.27. The Balaban J connectivity index is 2.44. The van der Waals surface area contributed by atoms with E-state index in [4.69, 9.17) is 0 Å². The van der Waals surface area contributed by atoms with Gasteiger partial charge in [0.2, 0.25) is 0 Å². The molecule has 0 aliphatic carbocycles. The first-order chi connectivity index (χ1) is 8.99. The molecular weight excluding hydrogens is 240 g/mol. The number of amides is 1. The number of aromatic nitrogens is 1. The molecule has 0 aliphatic rings. The van der Waals surface area contributed by atoms with Gasteiger partial charge in [0.1, 0.15) is 5.82 Å². The van der Waals surface area contributed by atoms with Gasteiger partial charge in [-0.15, -0.1) is 0 Å². The molecule has 1 amide bonds. The topological polar surface area (TPSA) is 57.3 Å². The zero-order valence-electron chi connectivity index (χ0n) is 12.2. The third-order valence-corrected chi connectivity index (χ3v) is 2.56. The second kappa shape index (κ2) is 7.74. The van der Waals surface area contributed by atoms with Crippen molar-refractivity contribution in [3.63, 3.8) is 0 Å². The van der Waals surface area contributed by atoms with Gasteiger partial charge in [-0.2, -0.15) is 0 Å². The number of likely N-dealkylation sites (N-methyl/N-ethyl adjacent to an activating group) is 1. The van der Waals surface area contributed by atoms with Gasteiger partial charge < -0.3 is 15.5 Å². The number of hydrogen-bond donors (Lipinski definition) is 2. The number of pyridine rings is 1. The summed E-state index contributed by atoms with van der Waals surface area (Å²) in [7, 11) is 4.05. The molecular formula is C14H24N4O. The first-order valence-corrected chi connectivity index (χ1v) is 6.62. The van der Waals surface area contributed by atoms with E-state index in [2.05, 4.69) is 34.4 Å². The van der Waals surface area contributed by atoms with Gasteiger partial charge >= 0.3 is 0 Å². The minimum absolute atomic E-state index is 0.0685. The molecule has 19 heavy (non-hydrogen) atoms. The second-order valence-electron chi connectivity index (χ2n) is 5.27. The van der Waals surface area contributed by atoms with Crippen LogP contribution < -0.4 is 10.6 Å². The highest BCUT2D eigenvalue weighted by Crippen LogP contribution is 2.05. The number of rotatable bonds is 7. The van der Waals surface area contributed by atoms with Crippen molar-refractivity contribution in [2.24, 2.45) is 5.92 Å². The summed E-state index contributed by atoms with van der Waals surface area (Å²) in [5.74, 6) is 1.17. The van der Waals surface area contributed by atoms with Crippen LogP contribution in [0.5, 0.6) is 0 Å². The lowest BCUT2D eigenvalue weighted by atomic mass is 10.2. The smallest absolute Gasteiger partial charge is 0.252 e. The van der Waals surface area contributed by atoms with E-state index in [1.165, 1.54) is 0 Å². The maximum Gasteiger partial charge on any atom is 0.252 e. The van der Waals surface area contributed by atoms with E-state index in [9.17, 15) is 4.79 Å². The molecule has 0 aliphatic heterocycles. The maximum atomic E-state index is 11.8. The summed E-state index contributed by atoms with van der Waals surface area (Å²) in [5, 5.41) is 6.08. The van der Waals surface area contributed by atoms with Gasteiger partial charge in [-0.25, -0.2) is 4.98 Å². The normalized spacial score (nSPS) is 10.8. The highest BCUT2D eigenvalue weighted by molar-refractivity contribution is 5.94. The molecule has 0 fully saturated rings. The first-order valence-electron chi connectivity index (χ1n) is 6.62. The van der Waals surface area contributed by atoms with Crippen LogP contribution in [0.3, 0.4) is 0 Å². The fourth-order valence-electron chi connectivity index (χ4n) is 1.44. The van der Waals surface area contributed by atoms with Gasteiger partial charge in [-0.3, -0.25) is 4.79 Å². The summed E-state index contributed by atoms with van der Waals surface area (Å²) in [5.41, 5.74) is 0.596. The quantitative estimate of drug-likeness (QED) is 0.782. The molecule has 0 unspecified atom stereocenters. The lowest BCUT2D eigenvalue weighted by molar-refractivity contribution is 0.0948. The van der Waals surface area contributed by atoms with Crippen LogP contribution >= 0.6 is 0 Å². The summed E-state index contributed by atoms with van der Waals surface area (Å²) < 4.78 is 0. The summed E-state index contributed by atoms with van der Waals surface area (Å²) >= 11 is 0. The van der Waals surface area contributed by atoms with Crippen molar-refractivity contribution in [1.29, 1.82) is 0 Å². The molecule has 1 aromatic heterocycles. The molecule has 0 saturated heterocycles. The zero-order chi connectivity index (χ0) is 14.3. The van der Waals surface area contributed by atoms with E-state index < -0.39 is 0 Å². The van der Waals surface area contributed by atoms with Crippen molar-refractivity contribution in [3.8, 4) is 0 Å². The van der Waals surface area contributed by atoms with Gasteiger partial charge in [-0.05, 0) is 32.1 Å². The lowest BCUT2D eigenvalue weighted by Crippen LogP contribution is -2.27. The van der Waals surface area contributed by atoms with E-state index in [1.807, 2.05) is 20.2 Å². The third kappa shape index (κ3) is 6.20. The average Bonchev–Trinajstić information content (AvgIpc) is 2.36.